The van der Waals surface area contributed by atoms with Gasteiger partial charge in [-0.3, -0.25) is 4.79 Å². The summed E-state index contributed by atoms with van der Waals surface area (Å²) in [6.07, 6.45) is 3.58. The Morgan fingerprint density at radius 1 is 1.25 bits per heavy atom. The van der Waals surface area contributed by atoms with Gasteiger partial charge in [-0.25, -0.2) is 9.97 Å². The standard InChI is InChI=1S/C16H10N4OS3/c17-15-18-6-9-3-8(1-2-12(9)19-15)10-4-11(23-7-10)5-13-14(21)20-16(22)24-13/h1-7H,(H2,17,18,19)(H,20,21,22). The first-order valence-electron chi connectivity index (χ1n) is 6.94. The zero-order chi connectivity index (χ0) is 16.7. The SMILES string of the molecule is Nc1ncc2cc(-c3csc(C=C4SC(=S)NC4=O)c3)ccc2n1. The molecule has 0 aliphatic carbocycles. The summed E-state index contributed by atoms with van der Waals surface area (Å²) in [4.78, 5) is 21.6. The molecule has 4 rings (SSSR count). The van der Waals surface area contributed by atoms with Crippen LogP contribution >= 0.6 is 35.3 Å². The van der Waals surface area contributed by atoms with Crippen LogP contribution < -0.4 is 11.1 Å². The number of nitrogens with one attached hydrogen (secondary N) is 1. The number of carbonyl (C=O) groups excluding carboxylic acids is 1. The van der Waals surface area contributed by atoms with Crippen molar-refractivity contribution in [2.75, 3.05) is 5.73 Å². The topological polar surface area (TPSA) is 80.9 Å². The highest BCUT2D eigenvalue weighted by Crippen LogP contribution is 2.32. The first-order chi connectivity index (χ1) is 11.6. The Hall–Kier alpha value is -2.29. The first kappa shape index (κ1) is 15.3. The number of thioether (sulfide) groups is 1. The van der Waals surface area contributed by atoms with Crippen molar-refractivity contribution >= 4 is 68.5 Å². The van der Waals surface area contributed by atoms with Crippen LogP contribution in [0.1, 0.15) is 4.88 Å². The maximum Gasteiger partial charge on any atom is 0.263 e. The summed E-state index contributed by atoms with van der Waals surface area (Å²) in [6.45, 7) is 0. The van der Waals surface area contributed by atoms with Crippen LogP contribution in [0.25, 0.3) is 28.1 Å². The fourth-order valence-electron chi connectivity index (χ4n) is 2.36. The molecule has 24 heavy (non-hydrogen) atoms. The maximum atomic E-state index is 11.7. The number of amides is 1. The highest BCUT2D eigenvalue weighted by molar-refractivity contribution is 8.26. The van der Waals surface area contributed by atoms with Crippen LogP contribution in [0.2, 0.25) is 0 Å². The third-order valence-electron chi connectivity index (χ3n) is 3.47. The van der Waals surface area contributed by atoms with Crippen molar-refractivity contribution < 1.29 is 4.79 Å². The number of thiophene rings is 1. The lowest BCUT2D eigenvalue weighted by atomic mass is 10.1. The molecular formula is C16H10N4OS3. The van der Waals surface area contributed by atoms with E-state index < -0.39 is 0 Å². The molecule has 3 N–H and O–H groups in total. The Labute approximate surface area is 151 Å². The molecular weight excluding hydrogens is 360 g/mol. The molecule has 1 aromatic carbocycles. The van der Waals surface area contributed by atoms with Crippen molar-refractivity contribution in [3.63, 3.8) is 0 Å². The molecule has 1 amide bonds. The number of hydrogen-bond donors (Lipinski definition) is 2. The maximum absolute atomic E-state index is 11.7. The second-order valence-corrected chi connectivity index (χ2v) is 7.75. The molecule has 1 fully saturated rings. The predicted octanol–water partition coefficient (Wildman–Crippen LogP) is 3.43. The number of nitrogens with two attached hydrogens (primary N) is 1. The van der Waals surface area contributed by atoms with E-state index in [4.69, 9.17) is 18.0 Å². The van der Waals surface area contributed by atoms with Crippen LogP contribution in [0.3, 0.4) is 0 Å². The average molecular weight is 370 g/mol. The number of nitrogen functional groups attached to an aromatic ring is 1. The summed E-state index contributed by atoms with van der Waals surface area (Å²) in [5.74, 6) is 0.130. The van der Waals surface area contributed by atoms with Gasteiger partial charge in [-0.05, 0) is 40.8 Å². The summed E-state index contributed by atoms with van der Waals surface area (Å²) < 4.78 is 0.497. The Morgan fingerprint density at radius 2 is 2.12 bits per heavy atom. The molecule has 118 valence electrons. The number of thiocarbonyl (C=S) groups is 1. The molecule has 5 nitrogen and oxygen atoms in total. The highest BCUT2D eigenvalue weighted by atomic mass is 32.2. The van der Waals surface area contributed by atoms with Gasteiger partial charge in [-0.2, -0.15) is 0 Å². The number of fused-ring (bicyclic) bond motifs is 1. The number of hydrogen-bond acceptors (Lipinski definition) is 7. The Kier molecular flexibility index (Phi) is 3.79. The lowest BCUT2D eigenvalue weighted by Crippen LogP contribution is -2.17. The van der Waals surface area contributed by atoms with E-state index in [0.717, 1.165) is 26.9 Å². The van der Waals surface area contributed by atoms with Crippen molar-refractivity contribution in [3.05, 3.63) is 45.6 Å². The normalized spacial score (nSPS) is 16.1. The van der Waals surface area contributed by atoms with Gasteiger partial charge in [-0.1, -0.05) is 30.0 Å². The van der Waals surface area contributed by atoms with E-state index in [1.165, 1.54) is 11.8 Å². The molecule has 1 saturated heterocycles. The molecule has 0 saturated carbocycles. The van der Waals surface area contributed by atoms with Gasteiger partial charge >= 0.3 is 0 Å². The van der Waals surface area contributed by atoms with Gasteiger partial charge in [-0.15, -0.1) is 11.3 Å². The molecule has 8 heteroatoms. The molecule has 1 aliphatic rings. The second kappa shape index (κ2) is 5.97. The second-order valence-electron chi connectivity index (χ2n) is 5.09. The third kappa shape index (κ3) is 2.91. The van der Waals surface area contributed by atoms with Gasteiger partial charge in [0.15, 0.2) is 0 Å². The van der Waals surface area contributed by atoms with Crippen LogP contribution in [-0.2, 0) is 4.79 Å². The Bertz CT molecular complexity index is 1030. The number of benzene rings is 1. The van der Waals surface area contributed by atoms with E-state index in [0.29, 0.717) is 9.23 Å². The van der Waals surface area contributed by atoms with Crippen molar-refractivity contribution in [1.29, 1.82) is 0 Å². The lowest BCUT2D eigenvalue weighted by Gasteiger charge is -2.01. The third-order valence-corrected chi connectivity index (χ3v) is 5.51. The van der Waals surface area contributed by atoms with E-state index >= 15 is 0 Å². The van der Waals surface area contributed by atoms with Crippen LogP contribution in [0.15, 0.2) is 40.7 Å². The molecule has 0 radical (unpaired) electrons. The van der Waals surface area contributed by atoms with E-state index in [1.54, 1.807) is 17.5 Å². The fourth-order valence-corrected chi connectivity index (χ4v) is 4.32. The Balaban J connectivity index is 1.67. The fraction of sp³-hybridized carbons (Fsp3) is 0. The van der Waals surface area contributed by atoms with E-state index in [2.05, 4.69) is 20.7 Å². The van der Waals surface area contributed by atoms with Crippen molar-refractivity contribution in [2.24, 2.45) is 0 Å². The minimum Gasteiger partial charge on any atom is -0.368 e. The number of rotatable bonds is 2. The van der Waals surface area contributed by atoms with Gasteiger partial charge in [0.2, 0.25) is 5.95 Å². The minimum absolute atomic E-state index is 0.139. The van der Waals surface area contributed by atoms with Crippen molar-refractivity contribution in [3.8, 4) is 11.1 Å². The number of aromatic nitrogens is 2. The predicted molar refractivity (Wildman–Crippen MR) is 104 cm³/mol. The number of nitrogens with zero attached hydrogens (tertiary/aromatic N) is 2. The molecule has 3 heterocycles. The summed E-state index contributed by atoms with van der Waals surface area (Å²) >= 11 is 7.86. The van der Waals surface area contributed by atoms with Crippen LogP contribution in [0, 0.1) is 0 Å². The first-order valence-corrected chi connectivity index (χ1v) is 9.05. The monoisotopic (exact) mass is 370 g/mol. The van der Waals surface area contributed by atoms with Gasteiger partial charge in [0.05, 0.1) is 10.4 Å². The number of carbonyl (C=O) groups is 1. The largest absolute Gasteiger partial charge is 0.368 e. The van der Waals surface area contributed by atoms with Crippen LogP contribution in [0.5, 0.6) is 0 Å². The number of anilines is 1. The minimum atomic E-state index is -0.139. The summed E-state index contributed by atoms with van der Waals surface area (Å²) in [7, 11) is 0. The zero-order valence-corrected chi connectivity index (χ0v) is 14.6. The smallest absolute Gasteiger partial charge is 0.263 e. The van der Waals surface area contributed by atoms with Crippen LogP contribution in [0.4, 0.5) is 5.95 Å². The molecule has 2 aromatic heterocycles. The van der Waals surface area contributed by atoms with Gasteiger partial charge in [0, 0.05) is 16.5 Å². The van der Waals surface area contributed by atoms with Gasteiger partial charge in [0.25, 0.3) is 5.91 Å². The molecule has 0 atom stereocenters. The molecule has 0 unspecified atom stereocenters. The van der Waals surface area contributed by atoms with E-state index in [1.807, 2.05) is 30.3 Å². The summed E-state index contributed by atoms with van der Waals surface area (Å²) in [5.41, 5.74) is 8.57. The van der Waals surface area contributed by atoms with Crippen LogP contribution in [-0.4, -0.2) is 20.2 Å². The van der Waals surface area contributed by atoms with Gasteiger partial charge in [0.1, 0.15) is 4.32 Å². The molecule has 1 aliphatic heterocycles. The van der Waals surface area contributed by atoms with E-state index in [9.17, 15) is 4.79 Å². The molecule has 0 bridgehead atoms. The molecule has 0 spiro atoms. The molecule has 3 aromatic rings. The summed E-state index contributed by atoms with van der Waals surface area (Å²) in [5, 5.41) is 5.61. The zero-order valence-electron chi connectivity index (χ0n) is 12.1. The van der Waals surface area contributed by atoms with Gasteiger partial charge < -0.3 is 11.1 Å². The Morgan fingerprint density at radius 3 is 2.92 bits per heavy atom. The average Bonchev–Trinajstić information content (AvgIpc) is 3.14. The van der Waals surface area contributed by atoms with Crippen molar-refractivity contribution in [1.82, 2.24) is 15.3 Å². The quantitative estimate of drug-likeness (QED) is 0.531. The highest BCUT2D eigenvalue weighted by Gasteiger charge is 2.22. The summed E-state index contributed by atoms with van der Waals surface area (Å²) in [6, 6.07) is 8.00. The van der Waals surface area contributed by atoms with Crippen molar-refractivity contribution in [2.45, 2.75) is 0 Å². The lowest BCUT2D eigenvalue weighted by molar-refractivity contribution is -0.115. The van der Waals surface area contributed by atoms with E-state index in [-0.39, 0.29) is 11.9 Å².